The molecule has 0 aliphatic rings. The topological polar surface area (TPSA) is 59.2 Å². The summed E-state index contributed by atoms with van der Waals surface area (Å²) in [6.07, 6.45) is 2.27. The van der Waals surface area contributed by atoms with Gasteiger partial charge in [0.05, 0.1) is 0 Å². The molecule has 0 N–H and O–H groups in total. The van der Waals surface area contributed by atoms with Gasteiger partial charge in [-0.2, -0.15) is 4.98 Å². The number of aromatic nitrogens is 2. The maximum Gasteiger partial charge on any atom is 0.227 e. The zero-order valence-corrected chi connectivity index (χ0v) is 15.8. The van der Waals surface area contributed by atoms with Gasteiger partial charge in [-0.15, -0.1) is 6.58 Å². The maximum atomic E-state index is 13.7. The number of benzene rings is 2. The number of halogens is 1. The number of rotatable bonds is 8. The van der Waals surface area contributed by atoms with E-state index in [1.807, 2.05) is 30.3 Å². The second-order valence-electron chi connectivity index (χ2n) is 6.52. The third-order valence-corrected chi connectivity index (χ3v) is 4.37. The Kier molecular flexibility index (Phi) is 6.32. The lowest BCUT2D eigenvalue weighted by atomic mass is 10.1. The Morgan fingerprint density at radius 1 is 1.25 bits per heavy atom. The number of amides is 1. The standard InChI is InChI=1S/C22H22FN3O2/c1-3-13-26(15-17-7-5-4-6-8-17)21(27)12-11-20-24-22(25-28-20)18-10-9-16(2)19(23)14-18/h3-10,14H,1,11-13,15H2,2H3. The van der Waals surface area contributed by atoms with Gasteiger partial charge in [-0.1, -0.05) is 53.7 Å². The van der Waals surface area contributed by atoms with Crippen LogP contribution in [0.25, 0.3) is 11.4 Å². The summed E-state index contributed by atoms with van der Waals surface area (Å²) < 4.78 is 18.9. The van der Waals surface area contributed by atoms with Crippen LogP contribution in [0, 0.1) is 12.7 Å². The van der Waals surface area contributed by atoms with E-state index in [1.165, 1.54) is 6.07 Å². The van der Waals surface area contributed by atoms with Gasteiger partial charge >= 0.3 is 0 Å². The molecule has 5 nitrogen and oxygen atoms in total. The molecule has 1 aromatic heterocycles. The summed E-state index contributed by atoms with van der Waals surface area (Å²) in [5.74, 6) is 0.320. The minimum atomic E-state index is -0.319. The highest BCUT2D eigenvalue weighted by atomic mass is 19.1. The van der Waals surface area contributed by atoms with Gasteiger partial charge in [0, 0.05) is 31.5 Å². The Labute approximate surface area is 163 Å². The molecular weight excluding hydrogens is 357 g/mol. The first-order valence-electron chi connectivity index (χ1n) is 9.08. The van der Waals surface area contributed by atoms with Gasteiger partial charge < -0.3 is 9.42 Å². The molecule has 0 radical (unpaired) electrons. The molecule has 28 heavy (non-hydrogen) atoms. The summed E-state index contributed by atoms with van der Waals surface area (Å²) in [5.41, 5.74) is 2.15. The first kappa shape index (κ1) is 19.5. The molecule has 0 bridgehead atoms. The Morgan fingerprint density at radius 3 is 2.75 bits per heavy atom. The molecule has 0 atom stereocenters. The minimum absolute atomic E-state index is 0.0233. The molecule has 1 heterocycles. The second-order valence-corrected chi connectivity index (χ2v) is 6.52. The van der Waals surface area contributed by atoms with Gasteiger partial charge in [0.2, 0.25) is 17.6 Å². The quantitative estimate of drug-likeness (QED) is 0.547. The van der Waals surface area contributed by atoms with E-state index in [1.54, 1.807) is 30.0 Å². The van der Waals surface area contributed by atoms with Crippen molar-refractivity contribution in [3.63, 3.8) is 0 Å². The summed E-state index contributed by atoms with van der Waals surface area (Å²) in [6, 6.07) is 14.6. The highest BCUT2D eigenvalue weighted by Gasteiger charge is 2.16. The van der Waals surface area contributed by atoms with Crippen LogP contribution in [0.3, 0.4) is 0 Å². The van der Waals surface area contributed by atoms with Crippen molar-refractivity contribution in [1.82, 2.24) is 15.0 Å². The van der Waals surface area contributed by atoms with Crippen LogP contribution in [-0.4, -0.2) is 27.5 Å². The van der Waals surface area contributed by atoms with Crippen LogP contribution >= 0.6 is 0 Å². The minimum Gasteiger partial charge on any atom is -0.339 e. The van der Waals surface area contributed by atoms with E-state index in [-0.39, 0.29) is 18.1 Å². The van der Waals surface area contributed by atoms with E-state index in [0.29, 0.717) is 42.4 Å². The smallest absolute Gasteiger partial charge is 0.227 e. The van der Waals surface area contributed by atoms with E-state index in [2.05, 4.69) is 16.7 Å². The second kappa shape index (κ2) is 9.08. The van der Waals surface area contributed by atoms with Crippen molar-refractivity contribution in [3.05, 3.63) is 84.0 Å². The van der Waals surface area contributed by atoms with Crippen molar-refractivity contribution in [1.29, 1.82) is 0 Å². The van der Waals surface area contributed by atoms with Crippen LogP contribution in [0.2, 0.25) is 0 Å². The van der Waals surface area contributed by atoms with E-state index in [0.717, 1.165) is 5.56 Å². The number of hydrogen-bond donors (Lipinski definition) is 0. The van der Waals surface area contributed by atoms with E-state index in [4.69, 9.17) is 4.52 Å². The van der Waals surface area contributed by atoms with Crippen molar-refractivity contribution in [2.45, 2.75) is 26.3 Å². The van der Waals surface area contributed by atoms with E-state index >= 15 is 0 Å². The van der Waals surface area contributed by atoms with Crippen LogP contribution in [-0.2, 0) is 17.8 Å². The van der Waals surface area contributed by atoms with Gasteiger partial charge in [-0.25, -0.2) is 4.39 Å². The van der Waals surface area contributed by atoms with Gasteiger partial charge in [0.15, 0.2) is 0 Å². The Balaban J connectivity index is 1.62. The molecule has 3 rings (SSSR count). The van der Waals surface area contributed by atoms with Gasteiger partial charge in [-0.05, 0) is 24.1 Å². The first-order chi connectivity index (χ1) is 13.6. The van der Waals surface area contributed by atoms with Crippen molar-refractivity contribution in [3.8, 4) is 11.4 Å². The van der Waals surface area contributed by atoms with Crippen LogP contribution in [0.5, 0.6) is 0 Å². The highest BCUT2D eigenvalue weighted by Crippen LogP contribution is 2.19. The Hall–Kier alpha value is -3.28. The SMILES string of the molecule is C=CCN(Cc1ccccc1)C(=O)CCc1nc(-c2ccc(C)c(F)c2)no1. The first-order valence-corrected chi connectivity index (χ1v) is 9.08. The summed E-state index contributed by atoms with van der Waals surface area (Å²) in [4.78, 5) is 18.6. The molecule has 0 saturated heterocycles. The molecule has 1 amide bonds. The van der Waals surface area contributed by atoms with Crippen LogP contribution < -0.4 is 0 Å². The maximum absolute atomic E-state index is 13.7. The summed E-state index contributed by atoms with van der Waals surface area (Å²) in [6.45, 7) is 6.40. The van der Waals surface area contributed by atoms with Crippen LogP contribution in [0.1, 0.15) is 23.4 Å². The Bertz CT molecular complexity index is 953. The number of carbonyl (C=O) groups is 1. The number of nitrogens with zero attached hydrogens (tertiary/aromatic N) is 3. The molecular formula is C22H22FN3O2. The van der Waals surface area contributed by atoms with Crippen molar-refractivity contribution >= 4 is 5.91 Å². The van der Waals surface area contributed by atoms with Crippen LogP contribution in [0.15, 0.2) is 65.7 Å². The normalized spacial score (nSPS) is 10.6. The molecule has 3 aromatic rings. The predicted molar refractivity (Wildman–Crippen MR) is 105 cm³/mol. The lowest BCUT2D eigenvalue weighted by molar-refractivity contribution is -0.131. The predicted octanol–water partition coefficient (Wildman–Crippen LogP) is 4.33. The molecule has 0 unspecified atom stereocenters. The average molecular weight is 379 g/mol. The summed E-state index contributed by atoms with van der Waals surface area (Å²) in [5, 5.41) is 3.89. The Morgan fingerprint density at radius 2 is 2.04 bits per heavy atom. The van der Waals surface area contributed by atoms with Gasteiger partial charge in [-0.3, -0.25) is 4.79 Å². The van der Waals surface area contributed by atoms with Gasteiger partial charge in [0.25, 0.3) is 0 Å². The molecule has 0 fully saturated rings. The molecule has 0 aliphatic heterocycles. The van der Waals surface area contributed by atoms with Crippen molar-refractivity contribution in [2.24, 2.45) is 0 Å². The largest absolute Gasteiger partial charge is 0.339 e. The molecule has 144 valence electrons. The summed E-state index contributed by atoms with van der Waals surface area (Å²) in [7, 11) is 0. The number of carbonyl (C=O) groups excluding carboxylic acids is 1. The molecule has 0 spiro atoms. The fraction of sp³-hybridized carbons (Fsp3) is 0.227. The van der Waals surface area contributed by atoms with E-state index < -0.39 is 0 Å². The van der Waals surface area contributed by atoms with Gasteiger partial charge in [0.1, 0.15) is 5.82 Å². The monoisotopic (exact) mass is 379 g/mol. The number of aryl methyl sites for hydroxylation is 2. The zero-order valence-electron chi connectivity index (χ0n) is 15.8. The van der Waals surface area contributed by atoms with Crippen LogP contribution in [0.4, 0.5) is 4.39 Å². The fourth-order valence-corrected chi connectivity index (χ4v) is 2.79. The highest BCUT2D eigenvalue weighted by molar-refractivity contribution is 5.76. The fourth-order valence-electron chi connectivity index (χ4n) is 2.79. The van der Waals surface area contributed by atoms with Crippen molar-refractivity contribution in [2.75, 3.05) is 6.54 Å². The molecule has 6 heteroatoms. The third kappa shape index (κ3) is 4.91. The average Bonchev–Trinajstić information content (AvgIpc) is 3.18. The van der Waals surface area contributed by atoms with Crippen molar-refractivity contribution < 1.29 is 13.7 Å². The molecule has 2 aromatic carbocycles. The third-order valence-electron chi connectivity index (χ3n) is 4.37. The van der Waals surface area contributed by atoms with E-state index in [9.17, 15) is 9.18 Å². The summed E-state index contributed by atoms with van der Waals surface area (Å²) >= 11 is 0. The number of hydrogen-bond acceptors (Lipinski definition) is 4. The lowest BCUT2D eigenvalue weighted by Crippen LogP contribution is -2.30. The molecule has 0 aliphatic carbocycles. The molecule has 0 saturated carbocycles. The lowest BCUT2D eigenvalue weighted by Gasteiger charge is -2.21. The zero-order chi connectivity index (χ0) is 19.9.